The lowest BCUT2D eigenvalue weighted by molar-refractivity contribution is 0.0229. The van der Waals surface area contributed by atoms with Crippen molar-refractivity contribution in [3.05, 3.63) is 34.2 Å². The molecule has 7 heteroatoms. The molecular weight excluding hydrogens is 266 g/mol. The maximum Gasteiger partial charge on any atom is 0.341 e. The summed E-state index contributed by atoms with van der Waals surface area (Å²) in [5, 5.41) is 8.83. The average Bonchev–Trinajstić information content (AvgIpc) is 2.43. The smallest absolute Gasteiger partial charge is 0.341 e. The van der Waals surface area contributed by atoms with Gasteiger partial charge in [-0.15, -0.1) is 0 Å². The Morgan fingerprint density at radius 1 is 1.20 bits per heavy atom. The monoisotopic (exact) mass is 285 g/mol. The number of pyridine rings is 1. The average molecular weight is 285 g/mol. The van der Waals surface area contributed by atoms with Crippen molar-refractivity contribution in [2.24, 2.45) is 0 Å². The number of aromatic nitrogens is 1. The van der Waals surface area contributed by atoms with E-state index in [9.17, 15) is 9.59 Å². The Bertz CT molecular complexity index is 470. The largest absolute Gasteiger partial charge is 0.477 e. The molecule has 1 aromatic rings. The molecule has 0 saturated heterocycles. The van der Waals surface area contributed by atoms with Crippen LogP contribution in [0, 0.1) is 0 Å². The van der Waals surface area contributed by atoms with Crippen LogP contribution in [0.1, 0.15) is 10.4 Å². The predicted octanol–water partition coefficient (Wildman–Crippen LogP) is 0.226. The number of ether oxygens (including phenoxy) is 3. The summed E-state index contributed by atoms with van der Waals surface area (Å²) >= 11 is 0. The molecule has 1 aromatic heterocycles. The number of aromatic carboxylic acids is 1. The van der Waals surface area contributed by atoms with Crippen LogP contribution in [-0.2, 0) is 20.8 Å². The van der Waals surface area contributed by atoms with Crippen LogP contribution in [0.2, 0.25) is 0 Å². The topological polar surface area (TPSA) is 87.0 Å². The summed E-state index contributed by atoms with van der Waals surface area (Å²) in [6.45, 7) is 2.54. The highest BCUT2D eigenvalue weighted by atomic mass is 16.5. The Hall–Kier alpha value is -1.70. The number of carbonyl (C=O) groups is 1. The van der Waals surface area contributed by atoms with Gasteiger partial charge in [-0.25, -0.2) is 4.79 Å². The molecule has 1 rings (SSSR count). The van der Waals surface area contributed by atoms with E-state index in [4.69, 9.17) is 19.3 Å². The highest BCUT2D eigenvalue weighted by molar-refractivity contribution is 5.86. The summed E-state index contributed by atoms with van der Waals surface area (Å²) < 4.78 is 16.6. The number of nitrogens with zero attached hydrogens (tertiary/aromatic N) is 1. The van der Waals surface area contributed by atoms with Crippen LogP contribution in [0.3, 0.4) is 0 Å². The Balaban J connectivity index is 2.27. The van der Waals surface area contributed by atoms with Gasteiger partial charge in [-0.1, -0.05) is 0 Å². The number of hydrogen-bond acceptors (Lipinski definition) is 5. The normalized spacial score (nSPS) is 10.7. The molecule has 0 radical (unpaired) electrons. The molecule has 0 spiro atoms. The fourth-order valence-electron chi connectivity index (χ4n) is 1.50. The summed E-state index contributed by atoms with van der Waals surface area (Å²) in [7, 11) is 1.60. The summed E-state index contributed by atoms with van der Waals surface area (Å²) in [5.74, 6) is -1.23. The second-order valence-corrected chi connectivity index (χ2v) is 3.94. The van der Waals surface area contributed by atoms with Crippen LogP contribution in [0.25, 0.3) is 0 Å². The number of methoxy groups -OCH3 is 1. The van der Waals surface area contributed by atoms with E-state index in [0.717, 1.165) is 0 Å². The van der Waals surface area contributed by atoms with Gasteiger partial charge in [-0.05, 0) is 12.1 Å². The Kier molecular flexibility index (Phi) is 7.56. The number of rotatable bonds is 10. The molecular formula is C13H19NO6. The van der Waals surface area contributed by atoms with E-state index in [2.05, 4.69) is 0 Å². The number of hydrogen-bond donors (Lipinski definition) is 1. The number of carboxylic acid groups (broad SMARTS) is 1. The molecule has 0 bridgehead atoms. The zero-order chi connectivity index (χ0) is 14.8. The predicted molar refractivity (Wildman–Crippen MR) is 71.2 cm³/mol. The minimum Gasteiger partial charge on any atom is -0.477 e. The van der Waals surface area contributed by atoms with Gasteiger partial charge in [0, 0.05) is 19.9 Å². The van der Waals surface area contributed by atoms with E-state index in [-0.39, 0.29) is 5.56 Å². The van der Waals surface area contributed by atoms with Crippen LogP contribution in [0.4, 0.5) is 0 Å². The third kappa shape index (κ3) is 5.52. The minimum absolute atomic E-state index is 0.240. The second-order valence-electron chi connectivity index (χ2n) is 3.94. The summed E-state index contributed by atoms with van der Waals surface area (Å²) in [5.41, 5.74) is -0.768. The van der Waals surface area contributed by atoms with Crippen LogP contribution < -0.4 is 5.56 Å². The van der Waals surface area contributed by atoms with Gasteiger partial charge in [-0.3, -0.25) is 4.79 Å². The molecule has 0 atom stereocenters. The van der Waals surface area contributed by atoms with Crippen LogP contribution >= 0.6 is 0 Å². The van der Waals surface area contributed by atoms with E-state index in [1.807, 2.05) is 0 Å². The Labute approximate surface area is 116 Å². The van der Waals surface area contributed by atoms with Crippen molar-refractivity contribution >= 4 is 5.97 Å². The van der Waals surface area contributed by atoms with Gasteiger partial charge in [0.2, 0.25) is 0 Å². The van der Waals surface area contributed by atoms with Gasteiger partial charge in [0.25, 0.3) is 5.56 Å². The summed E-state index contributed by atoms with van der Waals surface area (Å²) in [4.78, 5) is 22.5. The summed E-state index contributed by atoms with van der Waals surface area (Å²) in [6, 6.07) is 2.81. The fraction of sp³-hybridized carbons (Fsp3) is 0.538. The lowest BCUT2D eigenvalue weighted by Crippen LogP contribution is -2.27. The van der Waals surface area contributed by atoms with Crippen LogP contribution in [0.5, 0.6) is 0 Å². The fourth-order valence-corrected chi connectivity index (χ4v) is 1.50. The van der Waals surface area contributed by atoms with E-state index in [0.29, 0.717) is 39.6 Å². The van der Waals surface area contributed by atoms with Crippen molar-refractivity contribution < 1.29 is 24.1 Å². The quantitative estimate of drug-likeness (QED) is 0.619. The van der Waals surface area contributed by atoms with Gasteiger partial charge >= 0.3 is 5.97 Å². The van der Waals surface area contributed by atoms with Crippen molar-refractivity contribution in [1.82, 2.24) is 4.57 Å². The first-order valence-corrected chi connectivity index (χ1v) is 6.24. The van der Waals surface area contributed by atoms with Crippen molar-refractivity contribution in [1.29, 1.82) is 0 Å². The molecule has 0 amide bonds. The molecule has 112 valence electrons. The minimum atomic E-state index is -1.23. The van der Waals surface area contributed by atoms with Gasteiger partial charge in [0.1, 0.15) is 5.56 Å². The molecule has 7 nitrogen and oxygen atoms in total. The third-order valence-corrected chi connectivity index (χ3v) is 2.53. The van der Waals surface area contributed by atoms with Crippen molar-refractivity contribution in [3.63, 3.8) is 0 Å². The maximum absolute atomic E-state index is 11.7. The Morgan fingerprint density at radius 2 is 1.85 bits per heavy atom. The SMILES string of the molecule is COCCOCCOCCn1cccc(C(=O)O)c1=O. The van der Waals surface area contributed by atoms with E-state index < -0.39 is 11.5 Å². The van der Waals surface area contributed by atoms with Crippen molar-refractivity contribution in [3.8, 4) is 0 Å². The maximum atomic E-state index is 11.7. The lowest BCUT2D eigenvalue weighted by Gasteiger charge is -2.08. The summed E-state index contributed by atoms with van der Waals surface area (Å²) in [6.07, 6.45) is 1.53. The van der Waals surface area contributed by atoms with Gasteiger partial charge in [0.05, 0.1) is 33.0 Å². The van der Waals surface area contributed by atoms with E-state index >= 15 is 0 Å². The lowest BCUT2D eigenvalue weighted by atomic mass is 10.3. The first-order chi connectivity index (χ1) is 9.66. The molecule has 1 heterocycles. The van der Waals surface area contributed by atoms with Gasteiger partial charge in [-0.2, -0.15) is 0 Å². The Morgan fingerprint density at radius 3 is 2.50 bits per heavy atom. The molecule has 0 aliphatic rings. The second kappa shape index (κ2) is 9.24. The highest BCUT2D eigenvalue weighted by Crippen LogP contribution is 1.92. The standard InChI is InChI=1S/C13H19NO6/c1-18-7-8-20-10-9-19-6-5-14-4-2-3-11(12(14)15)13(16)17/h2-4H,5-10H2,1H3,(H,16,17). The van der Waals surface area contributed by atoms with Gasteiger partial charge < -0.3 is 23.9 Å². The van der Waals surface area contributed by atoms with Crippen molar-refractivity contribution in [2.75, 3.05) is 40.1 Å². The van der Waals surface area contributed by atoms with E-state index in [1.165, 1.54) is 22.9 Å². The number of carboxylic acids is 1. The molecule has 0 saturated carbocycles. The first kappa shape index (κ1) is 16.4. The van der Waals surface area contributed by atoms with E-state index in [1.54, 1.807) is 7.11 Å². The molecule has 0 aliphatic carbocycles. The van der Waals surface area contributed by atoms with Crippen LogP contribution in [-0.4, -0.2) is 55.8 Å². The zero-order valence-electron chi connectivity index (χ0n) is 11.4. The molecule has 0 aromatic carbocycles. The first-order valence-electron chi connectivity index (χ1n) is 6.24. The highest BCUT2D eigenvalue weighted by Gasteiger charge is 2.09. The molecule has 0 aliphatic heterocycles. The van der Waals surface area contributed by atoms with Crippen LogP contribution in [0.15, 0.2) is 23.1 Å². The van der Waals surface area contributed by atoms with Gasteiger partial charge in [0.15, 0.2) is 0 Å². The molecule has 1 N–H and O–H groups in total. The molecule has 0 fully saturated rings. The molecule has 0 unspecified atom stereocenters. The zero-order valence-corrected chi connectivity index (χ0v) is 11.4. The molecule has 20 heavy (non-hydrogen) atoms. The van der Waals surface area contributed by atoms with Crippen molar-refractivity contribution in [2.45, 2.75) is 6.54 Å². The third-order valence-electron chi connectivity index (χ3n) is 2.53.